The standard InChI is InChI=1S/C27H28N6O4/c1-18(2)9-14-29-27(35)26(19-10-12-28-13-11-19)33(20-7-8-23-24(15-20)37-17-36-23)25(34)16-32-22-6-4-3-5-21(22)30-31-32/h3-8,10-13,15,18,26H,9,14,16-17H2,1-2H3,(H,29,35)/t26-/m1/s1. The number of pyridine rings is 1. The van der Waals surface area contributed by atoms with E-state index in [1.807, 2.05) is 24.3 Å². The van der Waals surface area contributed by atoms with E-state index in [0.29, 0.717) is 40.7 Å². The lowest BCUT2D eigenvalue weighted by Crippen LogP contribution is -2.45. The first kappa shape index (κ1) is 24.2. The number of nitrogens with one attached hydrogen (secondary N) is 1. The van der Waals surface area contributed by atoms with Crippen molar-refractivity contribution in [2.24, 2.45) is 5.92 Å². The second-order valence-corrected chi connectivity index (χ2v) is 9.19. The molecule has 2 aromatic carbocycles. The van der Waals surface area contributed by atoms with E-state index in [9.17, 15) is 9.59 Å². The molecular formula is C27H28N6O4. The van der Waals surface area contributed by atoms with Crippen LogP contribution in [-0.4, -0.2) is 45.1 Å². The number of hydrogen-bond donors (Lipinski definition) is 1. The highest BCUT2D eigenvalue weighted by atomic mass is 16.7. The number of para-hydroxylation sites is 1. The molecule has 10 heteroatoms. The molecule has 3 heterocycles. The zero-order valence-electron chi connectivity index (χ0n) is 20.7. The molecule has 0 radical (unpaired) electrons. The summed E-state index contributed by atoms with van der Waals surface area (Å²) in [5.41, 5.74) is 2.54. The molecule has 1 aliphatic heterocycles. The van der Waals surface area contributed by atoms with Crippen LogP contribution in [0.25, 0.3) is 11.0 Å². The van der Waals surface area contributed by atoms with Crippen molar-refractivity contribution < 1.29 is 19.1 Å². The van der Waals surface area contributed by atoms with Crippen LogP contribution in [0.2, 0.25) is 0 Å². The van der Waals surface area contributed by atoms with E-state index in [1.54, 1.807) is 42.7 Å². The van der Waals surface area contributed by atoms with Crippen LogP contribution in [0.4, 0.5) is 5.69 Å². The van der Waals surface area contributed by atoms with E-state index in [0.717, 1.165) is 11.9 Å². The number of aromatic nitrogens is 4. The second-order valence-electron chi connectivity index (χ2n) is 9.19. The summed E-state index contributed by atoms with van der Waals surface area (Å²) >= 11 is 0. The Kier molecular flexibility index (Phi) is 6.98. The Morgan fingerprint density at radius 1 is 1.05 bits per heavy atom. The van der Waals surface area contributed by atoms with Crippen LogP contribution in [0.15, 0.2) is 67.0 Å². The molecular weight excluding hydrogens is 472 g/mol. The van der Waals surface area contributed by atoms with Gasteiger partial charge in [0.25, 0.3) is 0 Å². The van der Waals surface area contributed by atoms with E-state index >= 15 is 0 Å². The minimum Gasteiger partial charge on any atom is -0.454 e. The molecule has 1 aliphatic rings. The molecule has 37 heavy (non-hydrogen) atoms. The van der Waals surface area contributed by atoms with Crippen molar-refractivity contribution in [3.63, 3.8) is 0 Å². The van der Waals surface area contributed by atoms with Crippen molar-refractivity contribution in [1.82, 2.24) is 25.3 Å². The molecule has 0 aliphatic carbocycles. The summed E-state index contributed by atoms with van der Waals surface area (Å²) in [6.07, 6.45) is 4.03. The molecule has 2 amide bonds. The Morgan fingerprint density at radius 2 is 1.84 bits per heavy atom. The molecule has 0 unspecified atom stereocenters. The molecule has 2 aromatic heterocycles. The number of hydrogen-bond acceptors (Lipinski definition) is 7. The van der Waals surface area contributed by atoms with Gasteiger partial charge >= 0.3 is 0 Å². The fraction of sp³-hybridized carbons (Fsp3) is 0.296. The minimum absolute atomic E-state index is 0.0984. The van der Waals surface area contributed by atoms with Gasteiger partial charge in [0.2, 0.25) is 18.6 Å². The van der Waals surface area contributed by atoms with Crippen molar-refractivity contribution in [2.45, 2.75) is 32.9 Å². The Labute approximate surface area is 214 Å². The maximum Gasteiger partial charge on any atom is 0.249 e. The summed E-state index contributed by atoms with van der Waals surface area (Å²) in [6.45, 7) is 4.67. The molecule has 0 fully saturated rings. The smallest absolute Gasteiger partial charge is 0.249 e. The van der Waals surface area contributed by atoms with Crippen LogP contribution < -0.4 is 19.7 Å². The van der Waals surface area contributed by atoms with Gasteiger partial charge < -0.3 is 14.8 Å². The van der Waals surface area contributed by atoms with Crippen LogP contribution in [0, 0.1) is 5.92 Å². The topological polar surface area (TPSA) is 111 Å². The quantitative estimate of drug-likeness (QED) is 0.374. The summed E-state index contributed by atoms with van der Waals surface area (Å²) in [4.78, 5) is 33.3. The molecule has 0 spiro atoms. The van der Waals surface area contributed by atoms with Gasteiger partial charge in [0, 0.05) is 30.7 Å². The van der Waals surface area contributed by atoms with Crippen molar-refractivity contribution in [1.29, 1.82) is 0 Å². The lowest BCUT2D eigenvalue weighted by Gasteiger charge is -2.31. The van der Waals surface area contributed by atoms with Gasteiger partial charge in [-0.2, -0.15) is 0 Å². The second kappa shape index (κ2) is 10.7. The van der Waals surface area contributed by atoms with Gasteiger partial charge in [0.15, 0.2) is 11.5 Å². The van der Waals surface area contributed by atoms with Gasteiger partial charge in [-0.15, -0.1) is 5.10 Å². The molecule has 1 atom stereocenters. The largest absolute Gasteiger partial charge is 0.454 e. The molecule has 190 valence electrons. The highest BCUT2D eigenvalue weighted by molar-refractivity contribution is 6.01. The predicted molar refractivity (Wildman–Crippen MR) is 137 cm³/mol. The van der Waals surface area contributed by atoms with E-state index < -0.39 is 6.04 Å². The summed E-state index contributed by atoms with van der Waals surface area (Å²) in [7, 11) is 0. The Hall–Kier alpha value is -4.47. The third-order valence-electron chi connectivity index (χ3n) is 6.16. The minimum atomic E-state index is -0.946. The molecule has 1 N–H and O–H groups in total. The number of carbonyl (C=O) groups excluding carboxylic acids is 2. The first-order valence-corrected chi connectivity index (χ1v) is 12.2. The van der Waals surface area contributed by atoms with Crippen molar-refractivity contribution in [3.8, 4) is 11.5 Å². The monoisotopic (exact) mass is 500 g/mol. The van der Waals surface area contributed by atoms with Gasteiger partial charge in [-0.3, -0.25) is 19.5 Å². The van der Waals surface area contributed by atoms with Crippen LogP contribution in [-0.2, 0) is 16.1 Å². The summed E-state index contributed by atoms with van der Waals surface area (Å²) in [6, 6.07) is 15.2. The number of ether oxygens (including phenoxy) is 2. The zero-order valence-corrected chi connectivity index (χ0v) is 20.7. The average Bonchev–Trinajstić information content (AvgIpc) is 3.54. The normalized spacial score (nSPS) is 13.1. The summed E-state index contributed by atoms with van der Waals surface area (Å²) < 4.78 is 12.6. The number of benzene rings is 2. The number of rotatable bonds is 9. The molecule has 10 nitrogen and oxygen atoms in total. The summed E-state index contributed by atoms with van der Waals surface area (Å²) in [5, 5.41) is 11.4. The maximum absolute atomic E-state index is 14.0. The number of anilines is 1. The third-order valence-corrected chi connectivity index (χ3v) is 6.16. The van der Waals surface area contributed by atoms with Gasteiger partial charge in [0.1, 0.15) is 18.1 Å². The molecule has 5 rings (SSSR count). The van der Waals surface area contributed by atoms with E-state index in [4.69, 9.17) is 9.47 Å². The van der Waals surface area contributed by atoms with Crippen LogP contribution in [0.3, 0.4) is 0 Å². The lowest BCUT2D eigenvalue weighted by molar-refractivity contribution is -0.127. The van der Waals surface area contributed by atoms with E-state index in [2.05, 4.69) is 34.5 Å². The van der Waals surface area contributed by atoms with Gasteiger partial charge in [-0.05, 0) is 54.3 Å². The predicted octanol–water partition coefficient (Wildman–Crippen LogP) is 3.49. The van der Waals surface area contributed by atoms with Crippen molar-refractivity contribution in [3.05, 3.63) is 72.6 Å². The Balaban J connectivity index is 1.55. The van der Waals surface area contributed by atoms with Gasteiger partial charge in [-0.25, -0.2) is 4.68 Å². The SMILES string of the molecule is CC(C)CCNC(=O)[C@@H](c1ccncc1)N(C(=O)Cn1nnc2ccccc21)c1ccc2c(c1)OCO2. The fourth-order valence-corrected chi connectivity index (χ4v) is 4.25. The highest BCUT2D eigenvalue weighted by Gasteiger charge is 2.34. The molecule has 0 saturated carbocycles. The van der Waals surface area contributed by atoms with Crippen molar-refractivity contribution >= 4 is 28.5 Å². The average molecular weight is 501 g/mol. The molecule has 4 aromatic rings. The van der Waals surface area contributed by atoms with Gasteiger partial charge in [0.05, 0.1) is 5.52 Å². The first-order chi connectivity index (χ1) is 18.0. The lowest BCUT2D eigenvalue weighted by atomic mass is 10.0. The van der Waals surface area contributed by atoms with Crippen LogP contribution in [0.1, 0.15) is 31.9 Å². The van der Waals surface area contributed by atoms with Crippen LogP contribution >= 0.6 is 0 Å². The summed E-state index contributed by atoms with van der Waals surface area (Å²) in [5.74, 6) is 0.888. The molecule has 0 saturated heterocycles. The molecule has 0 bridgehead atoms. The third kappa shape index (κ3) is 5.23. The highest BCUT2D eigenvalue weighted by Crippen LogP contribution is 2.38. The number of carbonyl (C=O) groups is 2. The van der Waals surface area contributed by atoms with Crippen molar-refractivity contribution in [2.75, 3.05) is 18.2 Å². The van der Waals surface area contributed by atoms with Crippen LogP contribution in [0.5, 0.6) is 11.5 Å². The number of amides is 2. The fourth-order valence-electron chi connectivity index (χ4n) is 4.25. The number of nitrogens with zero attached hydrogens (tertiary/aromatic N) is 5. The number of fused-ring (bicyclic) bond motifs is 2. The Morgan fingerprint density at radius 3 is 2.65 bits per heavy atom. The first-order valence-electron chi connectivity index (χ1n) is 12.2. The maximum atomic E-state index is 14.0. The van der Waals surface area contributed by atoms with Gasteiger partial charge in [-0.1, -0.05) is 31.2 Å². The Bertz CT molecular complexity index is 1400. The van der Waals surface area contributed by atoms with E-state index in [-0.39, 0.29) is 25.2 Å². The zero-order chi connectivity index (χ0) is 25.8. The van der Waals surface area contributed by atoms with E-state index in [1.165, 1.54) is 9.58 Å².